The van der Waals surface area contributed by atoms with Crippen LogP contribution in [0.2, 0.25) is 0 Å². The highest BCUT2D eigenvalue weighted by Gasteiger charge is 2.25. The van der Waals surface area contributed by atoms with Crippen LogP contribution in [-0.2, 0) is 6.42 Å². The molecule has 2 N–H and O–H groups in total. The minimum atomic E-state index is -0.118. The molecule has 28 heavy (non-hydrogen) atoms. The molecule has 2 aliphatic rings. The Bertz CT molecular complexity index is 834. The molecular formula is C21H29FN6. The van der Waals surface area contributed by atoms with Gasteiger partial charge in [-0.3, -0.25) is 0 Å². The number of aryl methyl sites for hydroxylation is 1. The summed E-state index contributed by atoms with van der Waals surface area (Å²) in [5.74, 6) is 2.52. The van der Waals surface area contributed by atoms with E-state index >= 15 is 0 Å². The van der Waals surface area contributed by atoms with Crippen LogP contribution >= 0.6 is 0 Å². The number of hydrogen-bond donors (Lipinski definition) is 1. The Kier molecular flexibility index (Phi) is 5.35. The van der Waals surface area contributed by atoms with Gasteiger partial charge in [-0.25, -0.2) is 4.39 Å². The van der Waals surface area contributed by atoms with Gasteiger partial charge in [0.25, 0.3) is 0 Å². The van der Waals surface area contributed by atoms with Gasteiger partial charge < -0.3 is 20.4 Å². The molecule has 0 aliphatic carbocycles. The lowest BCUT2D eigenvalue weighted by Crippen LogP contribution is -2.45. The lowest BCUT2D eigenvalue weighted by atomic mass is 9.98. The number of rotatable bonds is 4. The van der Waals surface area contributed by atoms with Crippen LogP contribution in [0.25, 0.3) is 0 Å². The topological polar surface area (TPSA) is 61.5 Å². The van der Waals surface area contributed by atoms with Gasteiger partial charge in [0.15, 0.2) is 0 Å². The number of anilines is 3. The number of nitrogens with zero attached hydrogens (tertiary/aromatic N) is 5. The van der Waals surface area contributed by atoms with Gasteiger partial charge in [-0.05, 0) is 49.9 Å². The van der Waals surface area contributed by atoms with Gasteiger partial charge in [-0.1, -0.05) is 12.1 Å². The minimum Gasteiger partial charge on any atom is -0.368 e. The quantitative estimate of drug-likeness (QED) is 0.873. The van der Waals surface area contributed by atoms with Crippen molar-refractivity contribution in [1.29, 1.82) is 0 Å². The van der Waals surface area contributed by atoms with E-state index in [2.05, 4.69) is 37.8 Å². The van der Waals surface area contributed by atoms with Gasteiger partial charge in [0.05, 0.1) is 0 Å². The normalized spacial score (nSPS) is 20.8. The fourth-order valence-electron chi connectivity index (χ4n) is 4.10. The van der Waals surface area contributed by atoms with Crippen molar-refractivity contribution in [3.63, 3.8) is 0 Å². The standard InChI is InChI=1S/C21H29FN6/c1-15-3-4-16(12-18(15)22)11-17-5-6-28(14-17)20-13-19(24-21(23)25-20)27-9-7-26(2)8-10-27/h3-4,12-13,17H,5-11,14H2,1-2H3,(H2,23,24,25). The molecule has 1 atom stereocenters. The summed E-state index contributed by atoms with van der Waals surface area (Å²) in [4.78, 5) is 15.8. The van der Waals surface area contributed by atoms with Gasteiger partial charge in [0, 0.05) is 45.3 Å². The van der Waals surface area contributed by atoms with Crippen molar-refractivity contribution in [3.8, 4) is 0 Å². The summed E-state index contributed by atoms with van der Waals surface area (Å²) in [5, 5.41) is 0. The fourth-order valence-corrected chi connectivity index (χ4v) is 4.10. The van der Waals surface area contributed by atoms with Crippen molar-refractivity contribution >= 4 is 17.6 Å². The first kappa shape index (κ1) is 18.9. The molecule has 2 aromatic rings. The summed E-state index contributed by atoms with van der Waals surface area (Å²) in [5.41, 5.74) is 7.79. The molecule has 2 aliphatic heterocycles. The molecule has 0 radical (unpaired) electrons. The van der Waals surface area contributed by atoms with Gasteiger partial charge in [-0.15, -0.1) is 0 Å². The van der Waals surface area contributed by atoms with Crippen molar-refractivity contribution in [3.05, 3.63) is 41.2 Å². The average molecular weight is 385 g/mol. The number of nitrogens with two attached hydrogens (primary N) is 1. The molecule has 1 unspecified atom stereocenters. The molecule has 0 bridgehead atoms. The highest BCUT2D eigenvalue weighted by atomic mass is 19.1. The van der Waals surface area contributed by atoms with Crippen LogP contribution in [0.5, 0.6) is 0 Å². The van der Waals surface area contributed by atoms with Crippen molar-refractivity contribution in [2.24, 2.45) is 5.92 Å². The molecule has 150 valence electrons. The zero-order valence-corrected chi connectivity index (χ0v) is 16.7. The van der Waals surface area contributed by atoms with Crippen LogP contribution in [0.4, 0.5) is 22.0 Å². The Morgan fingerprint density at radius 1 is 1.04 bits per heavy atom. The SMILES string of the molecule is Cc1ccc(CC2CCN(c3cc(N4CCN(C)CC4)nc(N)n3)C2)cc1F. The lowest BCUT2D eigenvalue weighted by Gasteiger charge is -2.33. The van der Waals surface area contributed by atoms with Crippen LogP contribution in [0, 0.1) is 18.7 Å². The number of nitrogen functional groups attached to an aromatic ring is 1. The van der Waals surface area contributed by atoms with E-state index in [1.54, 1.807) is 13.0 Å². The van der Waals surface area contributed by atoms with Crippen molar-refractivity contribution in [1.82, 2.24) is 14.9 Å². The number of piperazine rings is 1. The zero-order valence-electron chi connectivity index (χ0n) is 16.7. The average Bonchev–Trinajstić information content (AvgIpc) is 3.13. The number of hydrogen-bond acceptors (Lipinski definition) is 6. The summed E-state index contributed by atoms with van der Waals surface area (Å²) in [6.07, 6.45) is 1.96. The van der Waals surface area contributed by atoms with Crippen LogP contribution in [0.15, 0.2) is 24.3 Å². The van der Waals surface area contributed by atoms with Crippen LogP contribution in [0.1, 0.15) is 17.5 Å². The number of likely N-dealkylation sites (N-methyl/N-ethyl adjacent to an activating group) is 1. The van der Waals surface area contributed by atoms with E-state index in [1.165, 1.54) is 0 Å². The maximum Gasteiger partial charge on any atom is 0.223 e. The van der Waals surface area contributed by atoms with Gasteiger partial charge in [0.1, 0.15) is 17.5 Å². The Morgan fingerprint density at radius 3 is 2.46 bits per heavy atom. The molecule has 6 nitrogen and oxygen atoms in total. The first-order chi connectivity index (χ1) is 13.5. The maximum absolute atomic E-state index is 13.8. The first-order valence-electron chi connectivity index (χ1n) is 10.1. The van der Waals surface area contributed by atoms with E-state index in [-0.39, 0.29) is 5.82 Å². The molecule has 7 heteroatoms. The predicted molar refractivity (Wildman–Crippen MR) is 111 cm³/mol. The van der Waals surface area contributed by atoms with Crippen LogP contribution in [-0.4, -0.2) is 61.2 Å². The highest BCUT2D eigenvalue weighted by Crippen LogP contribution is 2.28. The van der Waals surface area contributed by atoms with E-state index in [1.807, 2.05) is 12.1 Å². The lowest BCUT2D eigenvalue weighted by molar-refractivity contribution is 0.312. The number of halogens is 1. The third kappa shape index (κ3) is 4.19. The molecule has 4 rings (SSSR count). The largest absolute Gasteiger partial charge is 0.368 e. The summed E-state index contributed by atoms with van der Waals surface area (Å²) < 4.78 is 13.8. The molecule has 1 aromatic carbocycles. The second-order valence-corrected chi connectivity index (χ2v) is 8.12. The van der Waals surface area contributed by atoms with Crippen LogP contribution in [0.3, 0.4) is 0 Å². The van der Waals surface area contributed by atoms with Gasteiger partial charge in [-0.2, -0.15) is 9.97 Å². The Balaban J connectivity index is 1.44. The van der Waals surface area contributed by atoms with Crippen molar-refractivity contribution < 1.29 is 4.39 Å². The molecule has 0 amide bonds. The van der Waals surface area contributed by atoms with E-state index < -0.39 is 0 Å². The number of benzene rings is 1. The molecule has 2 saturated heterocycles. The molecule has 2 fully saturated rings. The monoisotopic (exact) mass is 384 g/mol. The van der Waals surface area contributed by atoms with E-state index in [4.69, 9.17) is 5.73 Å². The van der Waals surface area contributed by atoms with Gasteiger partial charge in [0.2, 0.25) is 5.95 Å². The summed E-state index contributed by atoms with van der Waals surface area (Å²) in [6, 6.07) is 7.64. The Hall–Kier alpha value is -2.41. The zero-order chi connectivity index (χ0) is 19.7. The predicted octanol–water partition coefficient (Wildman–Crippen LogP) is 2.33. The minimum absolute atomic E-state index is 0.118. The third-order valence-electron chi connectivity index (χ3n) is 5.91. The smallest absolute Gasteiger partial charge is 0.223 e. The van der Waals surface area contributed by atoms with E-state index in [0.29, 0.717) is 17.4 Å². The van der Waals surface area contributed by atoms with Gasteiger partial charge >= 0.3 is 0 Å². The molecule has 3 heterocycles. The molecular weight excluding hydrogens is 355 g/mol. The molecule has 0 saturated carbocycles. The Morgan fingerprint density at radius 2 is 1.75 bits per heavy atom. The first-order valence-corrected chi connectivity index (χ1v) is 10.1. The Labute approximate surface area is 166 Å². The molecule has 1 aromatic heterocycles. The van der Waals surface area contributed by atoms with E-state index in [0.717, 1.165) is 69.3 Å². The summed E-state index contributed by atoms with van der Waals surface area (Å²) in [7, 11) is 2.14. The summed E-state index contributed by atoms with van der Waals surface area (Å²) in [6.45, 7) is 7.61. The second-order valence-electron chi connectivity index (χ2n) is 8.12. The summed E-state index contributed by atoms with van der Waals surface area (Å²) >= 11 is 0. The fraction of sp³-hybridized carbons (Fsp3) is 0.524. The molecule has 0 spiro atoms. The second kappa shape index (κ2) is 7.91. The van der Waals surface area contributed by atoms with E-state index in [9.17, 15) is 4.39 Å². The third-order valence-corrected chi connectivity index (χ3v) is 5.91. The highest BCUT2D eigenvalue weighted by molar-refractivity contribution is 5.54. The van der Waals surface area contributed by atoms with Crippen molar-refractivity contribution in [2.75, 3.05) is 61.8 Å². The van der Waals surface area contributed by atoms with Crippen molar-refractivity contribution in [2.45, 2.75) is 19.8 Å². The maximum atomic E-state index is 13.8. The number of aromatic nitrogens is 2. The van der Waals surface area contributed by atoms with Crippen LogP contribution < -0.4 is 15.5 Å².